The van der Waals surface area contributed by atoms with Crippen LogP contribution in [0.2, 0.25) is 0 Å². The average Bonchev–Trinajstić information content (AvgIpc) is 2.56. The molecule has 134 valence electrons. The summed E-state index contributed by atoms with van der Waals surface area (Å²) in [4.78, 5) is 11.1. The molecule has 2 rings (SSSR count). The van der Waals surface area contributed by atoms with Gasteiger partial charge in [0.15, 0.2) is 0 Å². The molecular formula is C17H18F2N2O3S. The molecule has 0 bridgehead atoms. The number of carbonyl (C=O) groups excluding carboxylic acids is 1. The molecule has 0 unspecified atom stereocenters. The van der Waals surface area contributed by atoms with E-state index in [4.69, 9.17) is 5.73 Å². The monoisotopic (exact) mass is 368 g/mol. The van der Waals surface area contributed by atoms with E-state index in [0.717, 1.165) is 18.1 Å². The normalized spacial score (nSPS) is 12.6. The Hall–Kier alpha value is -2.48. The second-order valence-electron chi connectivity index (χ2n) is 5.66. The van der Waals surface area contributed by atoms with E-state index in [0.29, 0.717) is 6.07 Å². The Kier molecular flexibility index (Phi) is 5.42. The fraction of sp³-hybridized carbons (Fsp3) is 0.235. The zero-order chi connectivity index (χ0) is 18.8. The van der Waals surface area contributed by atoms with Crippen molar-refractivity contribution in [3.05, 3.63) is 59.2 Å². The van der Waals surface area contributed by atoms with Crippen LogP contribution in [0.15, 0.2) is 41.3 Å². The first-order chi connectivity index (χ1) is 11.7. The van der Waals surface area contributed by atoms with Gasteiger partial charge in [-0.1, -0.05) is 26.0 Å². The molecule has 0 fully saturated rings. The van der Waals surface area contributed by atoms with Crippen LogP contribution in [0.3, 0.4) is 0 Å². The zero-order valence-corrected chi connectivity index (χ0v) is 14.5. The van der Waals surface area contributed by atoms with Crippen molar-refractivity contribution in [2.75, 3.05) is 4.72 Å². The number of hydrogen-bond donors (Lipinski definition) is 2. The summed E-state index contributed by atoms with van der Waals surface area (Å²) in [7, 11) is -4.10. The Morgan fingerprint density at radius 1 is 1.16 bits per heavy atom. The van der Waals surface area contributed by atoms with Crippen LogP contribution in [-0.4, -0.2) is 14.3 Å². The molecule has 0 aromatic heterocycles. The number of amides is 1. The van der Waals surface area contributed by atoms with Crippen LogP contribution in [0.4, 0.5) is 14.5 Å². The molecular weight excluding hydrogens is 350 g/mol. The second kappa shape index (κ2) is 7.18. The van der Waals surface area contributed by atoms with Gasteiger partial charge >= 0.3 is 0 Å². The first-order valence-corrected chi connectivity index (χ1v) is 9.05. The number of sulfonamides is 1. The largest absolute Gasteiger partial charge is 0.366 e. The fourth-order valence-electron chi connectivity index (χ4n) is 2.23. The van der Waals surface area contributed by atoms with Crippen molar-refractivity contribution in [2.24, 2.45) is 5.73 Å². The lowest BCUT2D eigenvalue weighted by molar-refractivity contribution is 0.0996. The average molecular weight is 368 g/mol. The number of hydrogen-bond acceptors (Lipinski definition) is 3. The van der Waals surface area contributed by atoms with E-state index >= 15 is 0 Å². The summed E-state index contributed by atoms with van der Waals surface area (Å²) in [6.07, 6.45) is 0.904. The summed E-state index contributed by atoms with van der Waals surface area (Å²) in [5.41, 5.74) is 4.81. The van der Waals surface area contributed by atoms with Crippen LogP contribution in [0.1, 0.15) is 42.1 Å². The van der Waals surface area contributed by atoms with Crippen molar-refractivity contribution in [1.29, 1.82) is 0 Å². The Morgan fingerprint density at radius 2 is 1.76 bits per heavy atom. The van der Waals surface area contributed by atoms with Crippen molar-refractivity contribution in [1.82, 2.24) is 0 Å². The third-order valence-electron chi connectivity index (χ3n) is 3.94. The minimum Gasteiger partial charge on any atom is -0.366 e. The molecule has 25 heavy (non-hydrogen) atoms. The summed E-state index contributed by atoms with van der Waals surface area (Å²) in [6, 6.07) is 7.31. The van der Waals surface area contributed by atoms with Gasteiger partial charge in [-0.15, -0.1) is 0 Å². The summed E-state index contributed by atoms with van der Waals surface area (Å²) < 4.78 is 54.1. The predicted molar refractivity (Wildman–Crippen MR) is 90.8 cm³/mol. The molecule has 5 nitrogen and oxygen atoms in total. The van der Waals surface area contributed by atoms with Gasteiger partial charge in [0.1, 0.15) is 11.6 Å². The first kappa shape index (κ1) is 18.9. The van der Waals surface area contributed by atoms with Gasteiger partial charge in [-0.05, 0) is 36.1 Å². The van der Waals surface area contributed by atoms with Crippen molar-refractivity contribution in [3.63, 3.8) is 0 Å². The second-order valence-corrected chi connectivity index (χ2v) is 7.34. The van der Waals surface area contributed by atoms with Crippen molar-refractivity contribution in [3.8, 4) is 0 Å². The summed E-state index contributed by atoms with van der Waals surface area (Å²) in [5, 5.41) is 0. The van der Waals surface area contributed by atoms with Gasteiger partial charge in [-0.3, -0.25) is 9.52 Å². The molecule has 8 heteroatoms. The highest BCUT2D eigenvalue weighted by atomic mass is 32.2. The predicted octanol–water partition coefficient (Wildman–Crippen LogP) is 3.38. The third-order valence-corrected chi connectivity index (χ3v) is 5.32. The van der Waals surface area contributed by atoms with Crippen molar-refractivity contribution < 1.29 is 22.0 Å². The van der Waals surface area contributed by atoms with Crippen LogP contribution >= 0.6 is 0 Å². The molecule has 2 aromatic carbocycles. The fourth-order valence-corrected chi connectivity index (χ4v) is 3.29. The molecule has 0 heterocycles. The van der Waals surface area contributed by atoms with Gasteiger partial charge in [0, 0.05) is 6.07 Å². The highest BCUT2D eigenvalue weighted by Gasteiger charge is 2.20. The quantitative estimate of drug-likeness (QED) is 0.819. The van der Waals surface area contributed by atoms with Crippen LogP contribution in [0.25, 0.3) is 0 Å². The van der Waals surface area contributed by atoms with E-state index in [1.165, 1.54) is 12.1 Å². The smallest absolute Gasteiger partial charge is 0.261 e. The van der Waals surface area contributed by atoms with E-state index in [1.807, 2.05) is 18.6 Å². The van der Waals surface area contributed by atoms with Gasteiger partial charge in [-0.2, -0.15) is 0 Å². The van der Waals surface area contributed by atoms with Gasteiger partial charge in [0.25, 0.3) is 15.9 Å². The molecule has 0 saturated carbocycles. The third kappa shape index (κ3) is 4.14. The minimum absolute atomic E-state index is 0.0797. The summed E-state index contributed by atoms with van der Waals surface area (Å²) in [6.45, 7) is 4.03. The molecule has 3 N–H and O–H groups in total. The minimum atomic E-state index is -4.10. The van der Waals surface area contributed by atoms with Gasteiger partial charge in [0.2, 0.25) is 0 Å². The Morgan fingerprint density at radius 3 is 2.28 bits per heavy atom. The lowest BCUT2D eigenvalue weighted by Gasteiger charge is -2.12. The Bertz CT molecular complexity index is 897. The van der Waals surface area contributed by atoms with Crippen LogP contribution in [0.5, 0.6) is 0 Å². The topological polar surface area (TPSA) is 89.3 Å². The molecule has 0 radical (unpaired) electrons. The number of rotatable bonds is 6. The highest BCUT2D eigenvalue weighted by Crippen LogP contribution is 2.24. The van der Waals surface area contributed by atoms with E-state index < -0.39 is 38.8 Å². The molecule has 0 spiro atoms. The number of primary amides is 1. The van der Waals surface area contributed by atoms with Gasteiger partial charge in [-0.25, -0.2) is 17.2 Å². The maximum absolute atomic E-state index is 13.8. The standard InChI is InChI=1S/C17H18F2N2O3S/c1-3-10(2)11-4-6-12(7-5-11)25(23,24)21-16-8-13(17(20)22)14(18)9-15(16)19/h4-10,21H,3H2,1-2H3,(H2,20,22)/t10-/m0/s1. The SMILES string of the molecule is CC[C@H](C)c1ccc(S(=O)(=O)Nc2cc(C(N)=O)c(F)cc2F)cc1. The molecule has 1 amide bonds. The molecule has 0 aliphatic carbocycles. The lowest BCUT2D eigenvalue weighted by atomic mass is 9.99. The molecule has 0 saturated heterocycles. The zero-order valence-electron chi connectivity index (χ0n) is 13.7. The maximum atomic E-state index is 13.8. The molecule has 1 atom stereocenters. The molecule has 2 aromatic rings. The van der Waals surface area contributed by atoms with Crippen molar-refractivity contribution in [2.45, 2.75) is 31.1 Å². The van der Waals surface area contributed by atoms with E-state index in [1.54, 1.807) is 12.1 Å². The number of anilines is 1. The Balaban J connectivity index is 2.36. The highest BCUT2D eigenvalue weighted by molar-refractivity contribution is 7.92. The molecule has 0 aliphatic rings. The lowest BCUT2D eigenvalue weighted by Crippen LogP contribution is -2.17. The van der Waals surface area contributed by atoms with Crippen LogP contribution < -0.4 is 10.5 Å². The Labute approximate surface area is 144 Å². The first-order valence-electron chi connectivity index (χ1n) is 7.57. The molecule has 0 aliphatic heterocycles. The number of nitrogens with one attached hydrogen (secondary N) is 1. The number of benzene rings is 2. The number of halogens is 2. The van der Waals surface area contributed by atoms with Gasteiger partial charge < -0.3 is 5.73 Å². The van der Waals surface area contributed by atoms with E-state index in [9.17, 15) is 22.0 Å². The summed E-state index contributed by atoms with van der Waals surface area (Å²) in [5.74, 6) is -3.17. The van der Waals surface area contributed by atoms with Crippen LogP contribution in [0, 0.1) is 11.6 Å². The van der Waals surface area contributed by atoms with Gasteiger partial charge in [0.05, 0.1) is 16.1 Å². The maximum Gasteiger partial charge on any atom is 0.261 e. The number of nitrogens with two attached hydrogens (primary N) is 1. The van der Waals surface area contributed by atoms with Crippen LogP contribution in [-0.2, 0) is 10.0 Å². The van der Waals surface area contributed by atoms with E-state index in [-0.39, 0.29) is 10.8 Å². The van der Waals surface area contributed by atoms with E-state index in [2.05, 4.69) is 0 Å². The van der Waals surface area contributed by atoms with Crippen molar-refractivity contribution >= 4 is 21.6 Å². The summed E-state index contributed by atoms with van der Waals surface area (Å²) >= 11 is 0. The number of carbonyl (C=O) groups is 1.